The van der Waals surface area contributed by atoms with E-state index in [1.165, 1.54) is 0 Å². The molecule has 6 N–H and O–H groups in total. The van der Waals surface area contributed by atoms with Crippen molar-refractivity contribution in [1.82, 2.24) is 0 Å². The predicted molar refractivity (Wildman–Crippen MR) is 147 cm³/mol. The zero-order chi connectivity index (χ0) is 27.8. The van der Waals surface area contributed by atoms with Crippen LogP contribution in [0.3, 0.4) is 0 Å². The molecule has 1 heterocycles. The molecular weight excluding hydrogens is 498 g/mol. The van der Waals surface area contributed by atoms with E-state index >= 15 is 0 Å². The van der Waals surface area contributed by atoms with E-state index in [0.29, 0.717) is 12.8 Å². The van der Waals surface area contributed by atoms with Gasteiger partial charge in [-0.1, -0.05) is 72.8 Å². The minimum absolute atomic E-state index is 0.263. The van der Waals surface area contributed by atoms with Crippen molar-refractivity contribution in [2.45, 2.75) is 61.9 Å². The topological polar surface area (TPSA) is 139 Å². The summed E-state index contributed by atoms with van der Waals surface area (Å²) in [6.07, 6.45) is -4.45. The Hall–Kier alpha value is -3.11. The van der Waals surface area contributed by atoms with E-state index < -0.39 is 49.1 Å². The second-order valence-electron chi connectivity index (χ2n) is 10.1. The number of nitrogens with one attached hydrogen (secondary N) is 1. The maximum atomic E-state index is 12.3. The zero-order valence-corrected chi connectivity index (χ0v) is 21.7. The van der Waals surface area contributed by atoms with E-state index in [0.717, 1.165) is 28.7 Å². The third-order valence-corrected chi connectivity index (χ3v) is 7.42. The van der Waals surface area contributed by atoms with E-state index in [4.69, 9.17) is 4.74 Å². The molecular formula is C31H37NO7. The molecule has 0 spiro atoms. The van der Waals surface area contributed by atoms with E-state index in [1.54, 1.807) is 0 Å². The van der Waals surface area contributed by atoms with Crippen LogP contribution >= 0.6 is 0 Å². The normalized spacial score (nSPS) is 25.4. The van der Waals surface area contributed by atoms with Crippen LogP contribution in [0.5, 0.6) is 0 Å². The summed E-state index contributed by atoms with van der Waals surface area (Å²) in [7, 11) is 0. The Labute approximate surface area is 228 Å². The van der Waals surface area contributed by atoms with Crippen molar-refractivity contribution in [3.05, 3.63) is 102 Å². The molecule has 8 atom stereocenters. The standard InChI is InChI=1S/C31H37NO7/c33-18-23(15-16-25(35)21-7-3-1-4-8-21)28(32-24-9-5-2-6-10-24)22-13-11-20(12-14-22)17-26-29(36)31(38)30(37)27(19-34)39-26/h1-14,18,23,25-32,34-38H,15-17,19H2/t23-,25-,26?,27+,28+,29-,30+,31+/m0/s1. The summed E-state index contributed by atoms with van der Waals surface area (Å²) >= 11 is 0. The molecule has 1 aliphatic heterocycles. The highest BCUT2D eigenvalue weighted by molar-refractivity contribution is 5.58. The van der Waals surface area contributed by atoms with Crippen molar-refractivity contribution in [3.63, 3.8) is 0 Å². The molecule has 1 fully saturated rings. The van der Waals surface area contributed by atoms with Crippen molar-refractivity contribution < 1.29 is 35.1 Å². The molecule has 208 valence electrons. The number of ether oxygens (including phenoxy) is 1. The van der Waals surface area contributed by atoms with Crippen LogP contribution < -0.4 is 5.32 Å². The summed E-state index contributed by atoms with van der Waals surface area (Å²) < 4.78 is 5.65. The Bertz CT molecular complexity index is 1140. The molecule has 1 unspecified atom stereocenters. The fourth-order valence-electron chi connectivity index (χ4n) is 5.10. The smallest absolute Gasteiger partial charge is 0.125 e. The number of hydrogen-bond donors (Lipinski definition) is 6. The summed E-state index contributed by atoms with van der Waals surface area (Å²) in [6.45, 7) is -0.473. The van der Waals surface area contributed by atoms with E-state index in [-0.39, 0.29) is 12.5 Å². The molecule has 3 aromatic carbocycles. The average molecular weight is 536 g/mol. The number of rotatable bonds is 12. The lowest BCUT2D eigenvalue weighted by atomic mass is 9.87. The van der Waals surface area contributed by atoms with Crippen LogP contribution in [0.2, 0.25) is 0 Å². The van der Waals surface area contributed by atoms with Gasteiger partial charge in [-0.25, -0.2) is 0 Å². The summed E-state index contributed by atoms with van der Waals surface area (Å²) in [5, 5.41) is 54.1. The molecule has 39 heavy (non-hydrogen) atoms. The second kappa shape index (κ2) is 13.8. The third-order valence-electron chi connectivity index (χ3n) is 7.42. The molecule has 0 aliphatic carbocycles. The van der Waals surface area contributed by atoms with Gasteiger partial charge in [-0.05, 0) is 41.7 Å². The molecule has 0 amide bonds. The quantitative estimate of drug-likeness (QED) is 0.195. The number of aliphatic hydroxyl groups is 5. The molecule has 8 heteroatoms. The maximum absolute atomic E-state index is 12.3. The molecule has 1 aliphatic rings. The minimum Gasteiger partial charge on any atom is -0.394 e. The lowest BCUT2D eigenvalue weighted by molar-refractivity contribution is -0.228. The number of carbonyl (C=O) groups is 1. The first-order valence-corrected chi connectivity index (χ1v) is 13.3. The van der Waals surface area contributed by atoms with Gasteiger partial charge in [0, 0.05) is 18.0 Å². The number of para-hydroxylation sites is 1. The molecule has 1 saturated heterocycles. The van der Waals surface area contributed by atoms with E-state index in [1.807, 2.05) is 84.9 Å². The van der Waals surface area contributed by atoms with Crippen molar-refractivity contribution >= 4 is 12.0 Å². The van der Waals surface area contributed by atoms with Gasteiger partial charge in [0.15, 0.2) is 0 Å². The van der Waals surface area contributed by atoms with Gasteiger partial charge in [-0.2, -0.15) is 0 Å². The molecule has 0 saturated carbocycles. The summed E-state index contributed by atoms with van der Waals surface area (Å²) in [5.41, 5.74) is 3.38. The second-order valence-corrected chi connectivity index (χ2v) is 10.1. The van der Waals surface area contributed by atoms with Gasteiger partial charge < -0.3 is 40.4 Å². The van der Waals surface area contributed by atoms with Crippen LogP contribution in [0.4, 0.5) is 5.69 Å². The van der Waals surface area contributed by atoms with Gasteiger partial charge in [-0.15, -0.1) is 0 Å². The summed E-state index contributed by atoms with van der Waals surface area (Å²) in [6, 6.07) is 26.2. The number of hydrogen-bond acceptors (Lipinski definition) is 8. The number of benzene rings is 3. The maximum Gasteiger partial charge on any atom is 0.125 e. The Kier molecular flexibility index (Phi) is 10.2. The minimum atomic E-state index is -1.42. The first-order valence-electron chi connectivity index (χ1n) is 13.3. The van der Waals surface area contributed by atoms with Gasteiger partial charge in [0.1, 0.15) is 30.7 Å². The monoisotopic (exact) mass is 535 g/mol. The number of aliphatic hydroxyl groups excluding tert-OH is 5. The molecule has 4 rings (SSSR count). The predicted octanol–water partition coefficient (Wildman–Crippen LogP) is 2.55. The average Bonchev–Trinajstić information content (AvgIpc) is 2.98. The molecule has 0 bridgehead atoms. The fraction of sp³-hybridized carbons (Fsp3) is 0.387. The van der Waals surface area contributed by atoms with Gasteiger partial charge in [-0.3, -0.25) is 0 Å². The van der Waals surface area contributed by atoms with Gasteiger partial charge in [0.2, 0.25) is 0 Å². The van der Waals surface area contributed by atoms with Crippen LogP contribution in [0, 0.1) is 5.92 Å². The van der Waals surface area contributed by atoms with E-state index in [9.17, 15) is 30.3 Å². The molecule has 3 aromatic rings. The summed E-state index contributed by atoms with van der Waals surface area (Å²) in [5.74, 6) is -0.417. The zero-order valence-electron chi connectivity index (χ0n) is 21.7. The van der Waals surface area contributed by atoms with Gasteiger partial charge in [0.05, 0.1) is 24.9 Å². The Morgan fingerprint density at radius 2 is 1.38 bits per heavy atom. The van der Waals surface area contributed by atoms with Gasteiger partial charge >= 0.3 is 0 Å². The highest BCUT2D eigenvalue weighted by Gasteiger charge is 2.43. The Balaban J connectivity index is 1.50. The first kappa shape index (κ1) is 28.9. The summed E-state index contributed by atoms with van der Waals surface area (Å²) in [4.78, 5) is 12.3. The van der Waals surface area contributed by atoms with Crippen molar-refractivity contribution in [1.29, 1.82) is 0 Å². The van der Waals surface area contributed by atoms with Gasteiger partial charge in [0.25, 0.3) is 0 Å². The molecule has 0 aromatic heterocycles. The first-order chi connectivity index (χ1) is 18.9. The van der Waals surface area contributed by atoms with Crippen LogP contribution in [0.1, 0.15) is 41.7 Å². The largest absolute Gasteiger partial charge is 0.394 e. The lowest BCUT2D eigenvalue weighted by Gasteiger charge is -2.40. The number of anilines is 1. The third kappa shape index (κ3) is 7.30. The van der Waals surface area contributed by atoms with Crippen molar-refractivity contribution in [3.8, 4) is 0 Å². The SMILES string of the molecule is O=C[C@H](CC[C@H](O)c1ccccc1)[C@H](Nc1ccccc1)c1ccc(CC2O[C@H](CO)[C@@H](O)[C@H](O)[C@H]2O)cc1. The van der Waals surface area contributed by atoms with Crippen LogP contribution in [0.15, 0.2) is 84.9 Å². The molecule has 0 radical (unpaired) electrons. The fourth-order valence-corrected chi connectivity index (χ4v) is 5.10. The number of aldehydes is 1. The van der Waals surface area contributed by atoms with Crippen molar-refractivity contribution in [2.24, 2.45) is 5.92 Å². The highest BCUT2D eigenvalue weighted by atomic mass is 16.5. The van der Waals surface area contributed by atoms with Crippen LogP contribution in [-0.4, -0.2) is 68.9 Å². The van der Waals surface area contributed by atoms with Crippen molar-refractivity contribution in [2.75, 3.05) is 11.9 Å². The lowest BCUT2D eigenvalue weighted by Crippen LogP contribution is -2.59. The Morgan fingerprint density at radius 1 is 0.769 bits per heavy atom. The number of carbonyl (C=O) groups excluding carboxylic acids is 1. The van der Waals surface area contributed by atoms with Crippen LogP contribution in [0.25, 0.3) is 0 Å². The molecule has 8 nitrogen and oxygen atoms in total. The van der Waals surface area contributed by atoms with Crippen LogP contribution in [-0.2, 0) is 16.0 Å². The Morgan fingerprint density at radius 3 is 2.00 bits per heavy atom. The highest BCUT2D eigenvalue weighted by Crippen LogP contribution is 2.32. The van der Waals surface area contributed by atoms with E-state index in [2.05, 4.69) is 5.32 Å².